The highest BCUT2D eigenvalue weighted by atomic mass is 19.1. The Labute approximate surface area is 160 Å². The Morgan fingerprint density at radius 2 is 1.78 bits per heavy atom. The summed E-state index contributed by atoms with van der Waals surface area (Å²) in [6, 6.07) is 4.45. The van der Waals surface area contributed by atoms with Crippen LogP contribution in [0.5, 0.6) is 0 Å². The first-order valence-electron chi connectivity index (χ1n) is 10.0. The first-order valence-corrected chi connectivity index (χ1v) is 10.0. The molecule has 4 aliphatic rings. The minimum Gasteiger partial charge on any atom is -0.336 e. The second kappa shape index (κ2) is 7.13. The standard InChI is InChI=1S/C21H29F2N3O/c1-13(2)24(3)12-19(27)26-11-18(15-8-16(22)10-17(23)9-15)21-20(26)14-4-6-25(21)7-5-14/h8-10,13-14,18,20-21H,4-7,11-12H2,1-3H3/t18-,20+,21+/m0/s1. The highest BCUT2D eigenvalue weighted by molar-refractivity contribution is 5.79. The molecule has 0 N–H and O–H groups in total. The molecular weight excluding hydrogens is 348 g/mol. The molecule has 3 atom stereocenters. The fourth-order valence-electron chi connectivity index (χ4n) is 5.27. The van der Waals surface area contributed by atoms with Gasteiger partial charge in [-0.05, 0) is 70.4 Å². The molecule has 2 bridgehead atoms. The van der Waals surface area contributed by atoms with Crippen molar-refractivity contribution < 1.29 is 13.6 Å². The summed E-state index contributed by atoms with van der Waals surface area (Å²) in [6.07, 6.45) is 2.21. The van der Waals surface area contributed by atoms with E-state index in [4.69, 9.17) is 0 Å². The molecule has 0 unspecified atom stereocenters. The molecule has 27 heavy (non-hydrogen) atoms. The van der Waals surface area contributed by atoms with Gasteiger partial charge in [0.15, 0.2) is 0 Å². The Morgan fingerprint density at radius 1 is 1.15 bits per heavy atom. The van der Waals surface area contributed by atoms with Crippen molar-refractivity contribution in [3.8, 4) is 0 Å². The average Bonchev–Trinajstić information content (AvgIpc) is 3.04. The quantitative estimate of drug-likeness (QED) is 0.807. The van der Waals surface area contributed by atoms with Gasteiger partial charge in [0.25, 0.3) is 0 Å². The van der Waals surface area contributed by atoms with Crippen LogP contribution in [0.4, 0.5) is 8.78 Å². The van der Waals surface area contributed by atoms with Gasteiger partial charge in [-0.3, -0.25) is 14.6 Å². The minimum absolute atomic E-state index is 0.0309. The Hall–Kier alpha value is -1.53. The number of fused-ring (bicyclic) bond motifs is 2. The molecule has 0 spiro atoms. The van der Waals surface area contributed by atoms with Gasteiger partial charge in [0.1, 0.15) is 11.6 Å². The van der Waals surface area contributed by atoms with E-state index in [1.54, 1.807) is 0 Å². The maximum Gasteiger partial charge on any atom is 0.237 e. The van der Waals surface area contributed by atoms with Crippen LogP contribution in [-0.4, -0.2) is 72.0 Å². The molecule has 0 radical (unpaired) electrons. The van der Waals surface area contributed by atoms with Crippen LogP contribution in [0, 0.1) is 17.6 Å². The molecule has 0 aromatic heterocycles. The molecule has 6 heteroatoms. The summed E-state index contributed by atoms with van der Waals surface area (Å²) in [5.41, 5.74) is 0.683. The van der Waals surface area contributed by atoms with Gasteiger partial charge in [0, 0.05) is 30.6 Å². The van der Waals surface area contributed by atoms with Crippen molar-refractivity contribution in [3.05, 3.63) is 35.4 Å². The van der Waals surface area contributed by atoms with Gasteiger partial charge < -0.3 is 4.90 Å². The Kier molecular flexibility index (Phi) is 4.97. The second-order valence-corrected chi connectivity index (χ2v) is 8.72. The molecular formula is C21H29F2N3O. The van der Waals surface area contributed by atoms with E-state index in [0.29, 0.717) is 30.6 Å². The molecule has 4 fully saturated rings. The lowest BCUT2D eigenvalue weighted by Gasteiger charge is -2.51. The number of likely N-dealkylation sites (tertiary alicyclic amines) is 1. The zero-order valence-electron chi connectivity index (χ0n) is 16.4. The predicted molar refractivity (Wildman–Crippen MR) is 100 cm³/mol. The van der Waals surface area contributed by atoms with Gasteiger partial charge in [0.2, 0.25) is 5.91 Å². The number of hydrogen-bond donors (Lipinski definition) is 0. The van der Waals surface area contributed by atoms with Crippen molar-refractivity contribution in [2.24, 2.45) is 5.92 Å². The average molecular weight is 377 g/mol. The molecule has 4 nitrogen and oxygen atoms in total. The number of amides is 1. The van der Waals surface area contributed by atoms with E-state index in [1.807, 2.05) is 16.8 Å². The van der Waals surface area contributed by atoms with Gasteiger partial charge in [-0.15, -0.1) is 0 Å². The largest absolute Gasteiger partial charge is 0.336 e. The maximum atomic E-state index is 13.9. The lowest BCUT2D eigenvalue weighted by molar-refractivity contribution is -0.137. The molecule has 1 aromatic rings. The zero-order valence-corrected chi connectivity index (χ0v) is 16.4. The summed E-state index contributed by atoms with van der Waals surface area (Å²) in [5, 5.41) is 0. The van der Waals surface area contributed by atoms with Crippen molar-refractivity contribution in [3.63, 3.8) is 0 Å². The van der Waals surface area contributed by atoms with Crippen LogP contribution >= 0.6 is 0 Å². The molecule has 4 saturated heterocycles. The zero-order chi connectivity index (χ0) is 19.3. The Balaban J connectivity index is 1.65. The van der Waals surface area contributed by atoms with Crippen LogP contribution in [0.3, 0.4) is 0 Å². The molecule has 4 heterocycles. The smallest absolute Gasteiger partial charge is 0.237 e. The lowest BCUT2D eigenvalue weighted by atomic mass is 9.75. The van der Waals surface area contributed by atoms with E-state index in [9.17, 15) is 13.6 Å². The summed E-state index contributed by atoms with van der Waals surface area (Å²) in [7, 11) is 1.96. The van der Waals surface area contributed by atoms with Crippen molar-refractivity contribution in [2.75, 3.05) is 33.2 Å². The summed E-state index contributed by atoms with van der Waals surface area (Å²) in [4.78, 5) is 19.6. The summed E-state index contributed by atoms with van der Waals surface area (Å²) in [5.74, 6) is -0.480. The molecule has 4 aliphatic heterocycles. The lowest BCUT2D eigenvalue weighted by Crippen LogP contribution is -2.61. The van der Waals surface area contributed by atoms with E-state index in [0.717, 1.165) is 32.0 Å². The Bertz CT molecular complexity index is 697. The minimum atomic E-state index is -0.540. The molecule has 5 rings (SSSR count). The first kappa shape index (κ1) is 18.8. The molecule has 1 amide bonds. The summed E-state index contributed by atoms with van der Waals surface area (Å²) >= 11 is 0. The number of nitrogens with zero attached hydrogens (tertiary/aromatic N) is 3. The Morgan fingerprint density at radius 3 is 2.37 bits per heavy atom. The van der Waals surface area contributed by atoms with E-state index in [2.05, 4.69) is 18.7 Å². The van der Waals surface area contributed by atoms with E-state index < -0.39 is 11.6 Å². The van der Waals surface area contributed by atoms with E-state index >= 15 is 0 Å². The highest BCUT2D eigenvalue weighted by Gasteiger charge is 2.54. The van der Waals surface area contributed by atoms with Crippen LogP contribution in [0.15, 0.2) is 18.2 Å². The SMILES string of the molecule is CC(C)N(C)CC(=O)N1C[C@@H](c2cc(F)cc(F)c2)[C@@H]2[C@H]1C1CCN2CC1. The number of rotatable bonds is 4. The molecule has 148 valence electrons. The van der Waals surface area contributed by atoms with Crippen LogP contribution in [-0.2, 0) is 4.79 Å². The van der Waals surface area contributed by atoms with Gasteiger partial charge in [-0.1, -0.05) is 0 Å². The fraction of sp³-hybridized carbons (Fsp3) is 0.667. The highest BCUT2D eigenvalue weighted by Crippen LogP contribution is 2.46. The van der Waals surface area contributed by atoms with Crippen molar-refractivity contribution in [2.45, 2.75) is 50.7 Å². The monoisotopic (exact) mass is 377 g/mol. The number of benzene rings is 1. The first-order chi connectivity index (χ1) is 12.8. The predicted octanol–water partition coefficient (Wildman–Crippen LogP) is 2.69. The van der Waals surface area contributed by atoms with Crippen LogP contribution < -0.4 is 0 Å². The van der Waals surface area contributed by atoms with Gasteiger partial charge >= 0.3 is 0 Å². The topological polar surface area (TPSA) is 26.8 Å². The van der Waals surface area contributed by atoms with Crippen molar-refractivity contribution in [1.82, 2.24) is 14.7 Å². The van der Waals surface area contributed by atoms with Gasteiger partial charge in [0.05, 0.1) is 12.6 Å². The third kappa shape index (κ3) is 3.38. The summed E-state index contributed by atoms with van der Waals surface area (Å²) < 4.78 is 27.7. The number of likely N-dealkylation sites (N-methyl/N-ethyl adjacent to an activating group) is 1. The fourth-order valence-corrected chi connectivity index (χ4v) is 5.27. The number of hydrogen-bond acceptors (Lipinski definition) is 3. The number of carbonyl (C=O) groups is 1. The molecule has 0 saturated carbocycles. The van der Waals surface area contributed by atoms with Crippen molar-refractivity contribution >= 4 is 5.91 Å². The second-order valence-electron chi connectivity index (χ2n) is 8.72. The molecule has 0 aliphatic carbocycles. The normalized spacial score (nSPS) is 32.4. The van der Waals surface area contributed by atoms with Gasteiger partial charge in [-0.25, -0.2) is 8.78 Å². The molecule has 1 aromatic carbocycles. The number of piperidine rings is 3. The number of carbonyl (C=O) groups excluding carboxylic acids is 1. The van der Waals surface area contributed by atoms with Crippen LogP contribution in [0.1, 0.15) is 38.2 Å². The van der Waals surface area contributed by atoms with Crippen LogP contribution in [0.25, 0.3) is 0 Å². The van der Waals surface area contributed by atoms with Crippen LogP contribution in [0.2, 0.25) is 0 Å². The van der Waals surface area contributed by atoms with Crippen molar-refractivity contribution in [1.29, 1.82) is 0 Å². The number of halogens is 2. The third-order valence-electron chi connectivity index (χ3n) is 6.89. The van der Waals surface area contributed by atoms with E-state index in [1.165, 1.54) is 12.1 Å². The third-order valence-corrected chi connectivity index (χ3v) is 6.89. The van der Waals surface area contributed by atoms with Gasteiger partial charge in [-0.2, -0.15) is 0 Å². The van der Waals surface area contributed by atoms with E-state index in [-0.39, 0.29) is 23.9 Å². The maximum absolute atomic E-state index is 13.9. The summed E-state index contributed by atoms with van der Waals surface area (Å²) in [6.45, 7) is 7.13.